The van der Waals surface area contributed by atoms with Crippen LogP contribution in [-0.4, -0.2) is 28.7 Å². The van der Waals surface area contributed by atoms with Crippen molar-refractivity contribution < 1.29 is 9.90 Å². The van der Waals surface area contributed by atoms with Gasteiger partial charge in [0.25, 0.3) is 0 Å². The molecule has 1 rings (SSSR count). The maximum Gasteiger partial charge on any atom is 0.224 e. The number of rotatable bonds is 3. The molecule has 13 heavy (non-hydrogen) atoms. The molecule has 1 amide bonds. The van der Waals surface area contributed by atoms with E-state index in [1.807, 2.05) is 6.07 Å². The molecule has 0 aliphatic carbocycles. The molecule has 1 fully saturated rings. The normalized spacial score (nSPS) is 22.6. The molecule has 1 heterocycles. The molecular weight excluding hydrogens is 168 g/mol. The zero-order chi connectivity index (χ0) is 9.68. The molecule has 0 radical (unpaired) electrons. The summed E-state index contributed by atoms with van der Waals surface area (Å²) in [5.41, 5.74) is 0. The van der Waals surface area contributed by atoms with Crippen LogP contribution < -0.4 is 0 Å². The van der Waals surface area contributed by atoms with Gasteiger partial charge in [0.1, 0.15) is 6.23 Å². The number of allylic oxidation sites excluding steroid dienone is 1. The van der Waals surface area contributed by atoms with E-state index in [-0.39, 0.29) is 5.91 Å². The first-order valence-electron chi connectivity index (χ1n) is 4.28. The molecule has 4 heteroatoms. The van der Waals surface area contributed by atoms with Crippen LogP contribution in [0.5, 0.6) is 0 Å². The van der Waals surface area contributed by atoms with Gasteiger partial charge in [-0.05, 0) is 6.42 Å². The molecule has 0 aromatic carbocycles. The molecule has 1 aliphatic heterocycles. The second kappa shape index (κ2) is 4.63. The first-order valence-corrected chi connectivity index (χ1v) is 4.28. The van der Waals surface area contributed by atoms with Crippen molar-refractivity contribution in [2.45, 2.75) is 25.5 Å². The number of nitrogens with zero attached hydrogens (tertiary/aromatic N) is 2. The fourth-order valence-electron chi connectivity index (χ4n) is 1.34. The SMILES string of the molecule is N#C/C=C/CCN1C(=O)CCC1O. The molecule has 0 aromatic heterocycles. The predicted octanol–water partition coefficient (Wildman–Crippen LogP) is 0.397. The summed E-state index contributed by atoms with van der Waals surface area (Å²) in [6.07, 6.45) is 4.04. The van der Waals surface area contributed by atoms with Gasteiger partial charge in [0, 0.05) is 25.5 Å². The zero-order valence-corrected chi connectivity index (χ0v) is 7.31. The largest absolute Gasteiger partial charge is 0.374 e. The van der Waals surface area contributed by atoms with Crippen molar-refractivity contribution in [1.29, 1.82) is 5.26 Å². The minimum atomic E-state index is -0.622. The van der Waals surface area contributed by atoms with Gasteiger partial charge in [-0.15, -0.1) is 0 Å². The Bertz CT molecular complexity index is 255. The second-order valence-corrected chi connectivity index (χ2v) is 2.93. The monoisotopic (exact) mass is 180 g/mol. The van der Waals surface area contributed by atoms with Crippen LogP contribution in [0, 0.1) is 11.3 Å². The average molecular weight is 180 g/mol. The van der Waals surface area contributed by atoms with E-state index in [9.17, 15) is 9.90 Å². The number of hydrogen-bond acceptors (Lipinski definition) is 3. The van der Waals surface area contributed by atoms with Crippen LogP contribution >= 0.6 is 0 Å². The van der Waals surface area contributed by atoms with Gasteiger partial charge >= 0.3 is 0 Å². The van der Waals surface area contributed by atoms with Gasteiger partial charge < -0.3 is 10.0 Å². The summed E-state index contributed by atoms with van der Waals surface area (Å²) in [6, 6.07) is 1.87. The molecule has 0 saturated carbocycles. The summed E-state index contributed by atoms with van der Waals surface area (Å²) >= 11 is 0. The molecule has 1 atom stereocenters. The summed E-state index contributed by atoms with van der Waals surface area (Å²) in [5.74, 6) is -0.00198. The number of carbonyl (C=O) groups is 1. The van der Waals surface area contributed by atoms with E-state index in [4.69, 9.17) is 5.26 Å². The van der Waals surface area contributed by atoms with Gasteiger partial charge in [-0.2, -0.15) is 5.26 Å². The van der Waals surface area contributed by atoms with E-state index in [2.05, 4.69) is 0 Å². The third-order valence-electron chi connectivity index (χ3n) is 2.03. The highest BCUT2D eigenvalue weighted by Crippen LogP contribution is 2.16. The van der Waals surface area contributed by atoms with E-state index in [1.54, 1.807) is 6.08 Å². The molecule has 1 saturated heterocycles. The highest BCUT2D eigenvalue weighted by Gasteiger charge is 2.27. The summed E-state index contributed by atoms with van der Waals surface area (Å²) in [6.45, 7) is 0.498. The zero-order valence-electron chi connectivity index (χ0n) is 7.31. The molecule has 70 valence electrons. The lowest BCUT2D eigenvalue weighted by molar-refractivity contribution is -0.133. The van der Waals surface area contributed by atoms with E-state index in [0.29, 0.717) is 25.8 Å². The molecule has 0 aromatic rings. The molecule has 1 aliphatic rings. The van der Waals surface area contributed by atoms with Crippen LogP contribution in [0.4, 0.5) is 0 Å². The lowest BCUT2D eigenvalue weighted by atomic mass is 10.3. The predicted molar refractivity (Wildman–Crippen MR) is 46.3 cm³/mol. The average Bonchev–Trinajstić information content (AvgIpc) is 2.42. The van der Waals surface area contributed by atoms with E-state index in [1.165, 1.54) is 11.0 Å². The van der Waals surface area contributed by atoms with Crippen LogP contribution in [0.1, 0.15) is 19.3 Å². The van der Waals surface area contributed by atoms with Gasteiger partial charge in [-0.25, -0.2) is 0 Å². The quantitative estimate of drug-likeness (QED) is 0.639. The van der Waals surface area contributed by atoms with E-state index in [0.717, 1.165) is 0 Å². The number of likely N-dealkylation sites (tertiary alicyclic amines) is 1. The Morgan fingerprint density at radius 2 is 2.54 bits per heavy atom. The molecule has 1 unspecified atom stereocenters. The smallest absolute Gasteiger partial charge is 0.224 e. The highest BCUT2D eigenvalue weighted by atomic mass is 16.3. The number of nitriles is 1. The first kappa shape index (κ1) is 9.75. The topological polar surface area (TPSA) is 64.3 Å². The van der Waals surface area contributed by atoms with Crippen LogP contribution in [0.15, 0.2) is 12.2 Å². The Kier molecular flexibility index (Phi) is 3.47. The second-order valence-electron chi connectivity index (χ2n) is 2.93. The fraction of sp³-hybridized carbons (Fsp3) is 0.556. The maximum absolute atomic E-state index is 11.1. The van der Waals surface area contributed by atoms with E-state index < -0.39 is 6.23 Å². The molecule has 0 spiro atoms. The lowest BCUT2D eigenvalue weighted by Crippen LogP contribution is -2.33. The van der Waals surface area contributed by atoms with Crippen molar-refractivity contribution in [2.24, 2.45) is 0 Å². The number of amides is 1. The molecule has 4 nitrogen and oxygen atoms in total. The van der Waals surface area contributed by atoms with Crippen molar-refractivity contribution in [3.63, 3.8) is 0 Å². The van der Waals surface area contributed by atoms with Gasteiger partial charge in [-0.3, -0.25) is 4.79 Å². The van der Waals surface area contributed by atoms with Crippen molar-refractivity contribution in [2.75, 3.05) is 6.54 Å². The highest BCUT2D eigenvalue weighted by molar-refractivity contribution is 5.78. The number of aliphatic hydroxyl groups is 1. The van der Waals surface area contributed by atoms with Crippen molar-refractivity contribution >= 4 is 5.91 Å². The summed E-state index contributed by atoms with van der Waals surface area (Å²) in [7, 11) is 0. The Morgan fingerprint density at radius 1 is 1.77 bits per heavy atom. The lowest BCUT2D eigenvalue weighted by Gasteiger charge is -2.18. The Hall–Kier alpha value is -1.34. The van der Waals surface area contributed by atoms with E-state index >= 15 is 0 Å². The van der Waals surface area contributed by atoms with Crippen molar-refractivity contribution in [1.82, 2.24) is 4.90 Å². The minimum Gasteiger partial charge on any atom is -0.374 e. The summed E-state index contributed by atoms with van der Waals surface area (Å²) < 4.78 is 0. The van der Waals surface area contributed by atoms with Crippen LogP contribution in [0.2, 0.25) is 0 Å². The molecular formula is C9H12N2O2. The van der Waals surface area contributed by atoms with Crippen LogP contribution in [0.25, 0.3) is 0 Å². The van der Waals surface area contributed by atoms with Gasteiger partial charge in [0.15, 0.2) is 0 Å². The number of carbonyl (C=O) groups excluding carboxylic acids is 1. The third kappa shape index (κ3) is 2.56. The fourth-order valence-corrected chi connectivity index (χ4v) is 1.34. The Morgan fingerprint density at radius 3 is 3.08 bits per heavy atom. The Labute approximate surface area is 77.1 Å². The minimum absolute atomic E-state index is 0.00198. The van der Waals surface area contributed by atoms with Crippen molar-refractivity contribution in [3.05, 3.63) is 12.2 Å². The number of hydrogen-bond donors (Lipinski definition) is 1. The number of aliphatic hydroxyl groups excluding tert-OH is 1. The maximum atomic E-state index is 11.1. The van der Waals surface area contributed by atoms with Gasteiger partial charge in [-0.1, -0.05) is 6.08 Å². The van der Waals surface area contributed by atoms with Crippen LogP contribution in [0.3, 0.4) is 0 Å². The van der Waals surface area contributed by atoms with Crippen molar-refractivity contribution in [3.8, 4) is 6.07 Å². The van der Waals surface area contributed by atoms with Gasteiger partial charge in [0.2, 0.25) is 5.91 Å². The third-order valence-corrected chi connectivity index (χ3v) is 2.03. The standard InChI is InChI=1S/C9H12N2O2/c10-6-2-1-3-7-11-8(12)4-5-9(11)13/h1-2,8,12H,3-5,7H2/b2-1+. The van der Waals surface area contributed by atoms with Gasteiger partial charge in [0.05, 0.1) is 6.07 Å². The summed E-state index contributed by atoms with van der Waals surface area (Å²) in [4.78, 5) is 12.6. The van der Waals surface area contributed by atoms with Crippen LogP contribution in [-0.2, 0) is 4.79 Å². The molecule has 0 bridgehead atoms. The Balaban J connectivity index is 2.32. The molecule has 1 N–H and O–H groups in total. The summed E-state index contributed by atoms with van der Waals surface area (Å²) in [5, 5.41) is 17.5. The first-order chi connectivity index (χ1) is 6.25.